The van der Waals surface area contributed by atoms with Crippen LogP contribution in [-0.2, 0) is 14.3 Å². The molecule has 1 atom stereocenters. The number of likely N-dealkylation sites (N-methyl/N-ethyl adjacent to an activating group) is 1. The van der Waals surface area contributed by atoms with Crippen molar-refractivity contribution in [3.63, 3.8) is 0 Å². The molecule has 0 heterocycles. The van der Waals surface area contributed by atoms with Crippen molar-refractivity contribution in [2.75, 3.05) is 20.2 Å². The lowest BCUT2D eigenvalue weighted by molar-refractivity contribution is -0.142. The van der Waals surface area contributed by atoms with Gasteiger partial charge in [-0.25, -0.2) is 14.4 Å². The van der Waals surface area contributed by atoms with Gasteiger partial charge in [0.15, 0.2) is 0 Å². The maximum atomic E-state index is 12.7. The summed E-state index contributed by atoms with van der Waals surface area (Å²) in [7, 11) is 1.42. The van der Waals surface area contributed by atoms with Crippen molar-refractivity contribution in [2.24, 2.45) is 0 Å². The minimum atomic E-state index is -1.13. The van der Waals surface area contributed by atoms with Gasteiger partial charge in [-0.15, -0.1) is 0 Å². The smallest absolute Gasteiger partial charge is 0.410 e. The molecule has 2 aromatic rings. The van der Waals surface area contributed by atoms with E-state index < -0.39 is 29.8 Å². The predicted octanol–water partition coefficient (Wildman–Crippen LogP) is 4.63. The SMILES string of the molecule is CN(C(=O)OCC1c2ccccc2-c2ccccc21)C(CCCNC(=O)OC(C)(C)C)C(=O)O. The third kappa shape index (κ3) is 6.07. The van der Waals surface area contributed by atoms with Crippen LogP contribution >= 0.6 is 0 Å². The monoisotopic (exact) mass is 468 g/mol. The highest BCUT2D eigenvalue weighted by atomic mass is 16.6. The number of carbonyl (C=O) groups excluding carboxylic acids is 2. The number of nitrogens with one attached hydrogen (secondary N) is 1. The van der Waals surface area contributed by atoms with Crippen LogP contribution in [0.1, 0.15) is 50.7 Å². The first-order valence-electron chi connectivity index (χ1n) is 11.4. The summed E-state index contributed by atoms with van der Waals surface area (Å²) in [6, 6.07) is 14.9. The lowest BCUT2D eigenvalue weighted by Gasteiger charge is -2.25. The average molecular weight is 469 g/mol. The molecule has 182 valence electrons. The fourth-order valence-electron chi connectivity index (χ4n) is 4.11. The Hall–Kier alpha value is -3.55. The summed E-state index contributed by atoms with van der Waals surface area (Å²) in [5, 5.41) is 12.2. The largest absolute Gasteiger partial charge is 0.480 e. The van der Waals surface area contributed by atoms with Crippen molar-refractivity contribution in [1.82, 2.24) is 10.2 Å². The molecule has 0 radical (unpaired) electrons. The van der Waals surface area contributed by atoms with Crippen LogP contribution in [0, 0.1) is 0 Å². The lowest BCUT2D eigenvalue weighted by Crippen LogP contribution is -2.43. The highest BCUT2D eigenvalue weighted by Crippen LogP contribution is 2.44. The second kappa shape index (κ2) is 10.6. The fourth-order valence-corrected chi connectivity index (χ4v) is 4.11. The van der Waals surface area contributed by atoms with E-state index >= 15 is 0 Å². The first kappa shape index (κ1) is 25.1. The Labute approximate surface area is 199 Å². The zero-order valence-corrected chi connectivity index (χ0v) is 20.0. The summed E-state index contributed by atoms with van der Waals surface area (Å²) in [6.07, 6.45) is -0.748. The number of alkyl carbamates (subject to hydrolysis) is 1. The first-order chi connectivity index (χ1) is 16.1. The number of carbonyl (C=O) groups is 3. The van der Waals surface area contributed by atoms with Gasteiger partial charge in [0.05, 0.1) is 0 Å². The topological polar surface area (TPSA) is 105 Å². The summed E-state index contributed by atoms with van der Waals surface area (Å²) in [4.78, 5) is 37.3. The number of aliphatic carboxylic acids is 1. The standard InChI is InChI=1S/C26H32N2O6/c1-26(2,3)34-24(31)27-15-9-14-22(23(29)30)28(4)25(32)33-16-21-19-12-7-5-10-17(19)18-11-6-8-13-20(18)21/h5-8,10-13,21-22H,9,14-16H2,1-4H3,(H,27,31)(H,29,30). The van der Waals surface area contributed by atoms with E-state index in [2.05, 4.69) is 5.32 Å². The number of hydrogen-bond acceptors (Lipinski definition) is 5. The van der Waals surface area contributed by atoms with Crippen LogP contribution in [0.2, 0.25) is 0 Å². The number of nitrogens with zero attached hydrogens (tertiary/aromatic N) is 1. The molecule has 34 heavy (non-hydrogen) atoms. The maximum Gasteiger partial charge on any atom is 0.410 e. The molecule has 0 aliphatic heterocycles. The van der Waals surface area contributed by atoms with E-state index in [9.17, 15) is 19.5 Å². The summed E-state index contributed by atoms with van der Waals surface area (Å²) in [6.45, 7) is 5.63. The Morgan fingerprint density at radius 3 is 2.12 bits per heavy atom. The molecule has 1 aliphatic rings. The molecule has 1 aliphatic carbocycles. The van der Waals surface area contributed by atoms with Gasteiger partial charge < -0.3 is 19.9 Å². The third-order valence-electron chi connectivity index (χ3n) is 5.70. The number of ether oxygens (including phenoxy) is 2. The van der Waals surface area contributed by atoms with E-state index in [4.69, 9.17) is 9.47 Å². The molecule has 2 N–H and O–H groups in total. The van der Waals surface area contributed by atoms with Gasteiger partial charge in [-0.1, -0.05) is 48.5 Å². The van der Waals surface area contributed by atoms with Gasteiger partial charge in [0.2, 0.25) is 0 Å². The van der Waals surface area contributed by atoms with E-state index in [-0.39, 0.29) is 25.5 Å². The van der Waals surface area contributed by atoms with E-state index in [1.165, 1.54) is 7.05 Å². The number of carboxylic acid groups (broad SMARTS) is 1. The van der Waals surface area contributed by atoms with Crippen LogP contribution in [0.3, 0.4) is 0 Å². The second-order valence-electron chi connectivity index (χ2n) is 9.34. The molecule has 0 aromatic heterocycles. The fraction of sp³-hybridized carbons (Fsp3) is 0.423. The minimum Gasteiger partial charge on any atom is -0.480 e. The van der Waals surface area contributed by atoms with Gasteiger partial charge in [-0.05, 0) is 55.9 Å². The van der Waals surface area contributed by atoms with E-state index in [1.54, 1.807) is 20.8 Å². The van der Waals surface area contributed by atoms with Crippen molar-refractivity contribution < 1.29 is 29.0 Å². The molecule has 2 aromatic carbocycles. The summed E-state index contributed by atoms with van der Waals surface area (Å²) >= 11 is 0. The minimum absolute atomic E-state index is 0.106. The Morgan fingerprint density at radius 2 is 1.59 bits per heavy atom. The van der Waals surface area contributed by atoms with Crippen molar-refractivity contribution in [3.8, 4) is 11.1 Å². The van der Waals surface area contributed by atoms with Gasteiger partial charge >= 0.3 is 18.2 Å². The van der Waals surface area contributed by atoms with Crippen molar-refractivity contribution >= 4 is 18.2 Å². The highest BCUT2D eigenvalue weighted by molar-refractivity contribution is 5.81. The van der Waals surface area contributed by atoms with Crippen LogP contribution in [0.15, 0.2) is 48.5 Å². The normalized spacial score (nSPS) is 13.4. The third-order valence-corrected chi connectivity index (χ3v) is 5.70. The number of fused-ring (bicyclic) bond motifs is 3. The maximum absolute atomic E-state index is 12.7. The van der Waals surface area contributed by atoms with Crippen LogP contribution < -0.4 is 5.32 Å². The van der Waals surface area contributed by atoms with Crippen LogP contribution in [0.5, 0.6) is 0 Å². The summed E-state index contributed by atoms with van der Waals surface area (Å²) < 4.78 is 10.7. The Balaban J connectivity index is 1.55. The Morgan fingerprint density at radius 1 is 1.03 bits per heavy atom. The van der Waals surface area contributed by atoms with E-state index in [0.717, 1.165) is 27.2 Å². The first-order valence-corrected chi connectivity index (χ1v) is 11.4. The van der Waals surface area contributed by atoms with Gasteiger partial charge in [0.25, 0.3) is 0 Å². The second-order valence-corrected chi connectivity index (χ2v) is 9.34. The number of carboxylic acids is 1. The molecule has 3 rings (SSSR count). The molecule has 8 heteroatoms. The van der Waals surface area contributed by atoms with E-state index in [1.807, 2.05) is 48.5 Å². The van der Waals surface area contributed by atoms with Crippen LogP contribution in [0.4, 0.5) is 9.59 Å². The van der Waals surface area contributed by atoms with Crippen LogP contribution in [0.25, 0.3) is 11.1 Å². The number of rotatable bonds is 8. The molecular weight excluding hydrogens is 436 g/mol. The van der Waals surface area contributed by atoms with E-state index in [0.29, 0.717) is 6.42 Å². The van der Waals surface area contributed by atoms with Crippen molar-refractivity contribution in [1.29, 1.82) is 0 Å². The molecule has 0 saturated carbocycles. The zero-order chi connectivity index (χ0) is 24.9. The molecular formula is C26H32N2O6. The Bertz CT molecular complexity index is 1000. The van der Waals surface area contributed by atoms with Crippen molar-refractivity contribution in [3.05, 3.63) is 59.7 Å². The van der Waals surface area contributed by atoms with Crippen molar-refractivity contribution in [2.45, 2.75) is 51.2 Å². The Kier molecular flexibility index (Phi) is 7.81. The number of benzene rings is 2. The molecule has 1 unspecified atom stereocenters. The molecule has 8 nitrogen and oxygen atoms in total. The molecule has 0 spiro atoms. The molecule has 2 amide bonds. The zero-order valence-electron chi connectivity index (χ0n) is 20.0. The van der Waals surface area contributed by atoms with Gasteiger partial charge in [0, 0.05) is 19.5 Å². The van der Waals surface area contributed by atoms with Gasteiger partial charge in [-0.3, -0.25) is 4.90 Å². The molecule has 0 fully saturated rings. The molecule has 0 bridgehead atoms. The van der Waals surface area contributed by atoms with Crippen LogP contribution in [-0.4, -0.2) is 60.0 Å². The van der Waals surface area contributed by atoms with Gasteiger partial charge in [0.1, 0.15) is 18.2 Å². The average Bonchev–Trinajstić information content (AvgIpc) is 3.09. The number of hydrogen-bond donors (Lipinski definition) is 2. The lowest BCUT2D eigenvalue weighted by atomic mass is 9.98. The number of amides is 2. The van der Waals surface area contributed by atoms with Gasteiger partial charge in [-0.2, -0.15) is 0 Å². The summed E-state index contributed by atoms with van der Waals surface area (Å²) in [5.74, 6) is -1.24. The molecule has 0 saturated heterocycles. The predicted molar refractivity (Wildman–Crippen MR) is 128 cm³/mol. The highest BCUT2D eigenvalue weighted by Gasteiger charge is 2.31. The summed E-state index contributed by atoms with van der Waals surface area (Å²) in [5.41, 5.74) is 3.80. The quantitative estimate of drug-likeness (QED) is 0.548.